The van der Waals surface area contributed by atoms with Crippen molar-refractivity contribution in [3.63, 3.8) is 0 Å². The summed E-state index contributed by atoms with van der Waals surface area (Å²) in [6, 6.07) is 4.93. The molecule has 5 rings (SSSR count). The van der Waals surface area contributed by atoms with E-state index in [4.69, 9.17) is 9.72 Å². The maximum atomic E-state index is 13.3. The molecule has 0 bridgehead atoms. The van der Waals surface area contributed by atoms with Crippen LogP contribution in [0.15, 0.2) is 27.9 Å². The number of H-pyrrole nitrogens is 1. The fourth-order valence-corrected chi connectivity index (χ4v) is 6.81. The molecule has 0 unspecified atom stereocenters. The Morgan fingerprint density at radius 3 is 2.50 bits per heavy atom. The Morgan fingerprint density at radius 1 is 1.11 bits per heavy atom. The number of likely N-dealkylation sites (N-methyl/N-ethyl adjacent to an activating group) is 1. The quantitative estimate of drug-likeness (QED) is 0.538. The summed E-state index contributed by atoms with van der Waals surface area (Å²) in [5.74, 6) is 0.666. The normalized spacial score (nSPS) is 18.6. The van der Waals surface area contributed by atoms with Gasteiger partial charge in [-0.3, -0.25) is 9.48 Å². The van der Waals surface area contributed by atoms with Crippen LogP contribution in [-0.4, -0.2) is 77.2 Å². The minimum atomic E-state index is -3.66. The molecule has 1 aromatic carbocycles. The predicted molar refractivity (Wildman–Crippen MR) is 138 cm³/mol. The topological polar surface area (TPSA) is 113 Å². The molecule has 11 heteroatoms. The number of hydrogen-bond acceptors (Lipinski definition) is 7. The molecule has 2 aliphatic rings. The summed E-state index contributed by atoms with van der Waals surface area (Å²) in [6.07, 6.45) is 5.50. The minimum Gasteiger partial charge on any atom is -0.496 e. The van der Waals surface area contributed by atoms with Crippen LogP contribution in [0.1, 0.15) is 50.8 Å². The monoisotopic (exact) mass is 514 g/mol. The lowest BCUT2D eigenvalue weighted by molar-refractivity contribution is 0.196. The number of fused-ring (bicyclic) bond motifs is 1. The Kier molecular flexibility index (Phi) is 6.88. The van der Waals surface area contributed by atoms with E-state index in [0.717, 1.165) is 32.2 Å². The molecule has 0 atom stereocenters. The van der Waals surface area contributed by atoms with Gasteiger partial charge in [0.15, 0.2) is 5.52 Å². The molecule has 1 saturated carbocycles. The molecule has 1 saturated heterocycles. The van der Waals surface area contributed by atoms with Crippen LogP contribution in [-0.2, 0) is 10.0 Å². The van der Waals surface area contributed by atoms with Gasteiger partial charge in [-0.2, -0.15) is 9.40 Å². The first kappa shape index (κ1) is 24.9. The molecule has 0 radical (unpaired) electrons. The van der Waals surface area contributed by atoms with E-state index in [1.165, 1.54) is 23.9 Å². The third-order valence-electron chi connectivity index (χ3n) is 7.49. The molecule has 3 heterocycles. The summed E-state index contributed by atoms with van der Waals surface area (Å²) in [4.78, 5) is 23.3. The second kappa shape index (κ2) is 9.95. The summed E-state index contributed by atoms with van der Waals surface area (Å²) in [7, 11) is -2.18. The number of nitrogens with one attached hydrogen (secondary N) is 1. The predicted octanol–water partition coefficient (Wildman–Crippen LogP) is 2.94. The van der Waals surface area contributed by atoms with Crippen LogP contribution in [0.3, 0.4) is 0 Å². The zero-order valence-corrected chi connectivity index (χ0v) is 22.0. The van der Waals surface area contributed by atoms with Gasteiger partial charge in [0.05, 0.1) is 29.3 Å². The maximum absolute atomic E-state index is 13.3. The number of aryl methyl sites for hydroxylation is 1. The molecular formula is C25H34N6O4S. The summed E-state index contributed by atoms with van der Waals surface area (Å²) in [5, 5.41) is 4.68. The summed E-state index contributed by atoms with van der Waals surface area (Å²) in [6.45, 7) is 7.18. The first-order valence-electron chi connectivity index (χ1n) is 12.7. The Hall–Kier alpha value is -2.76. The van der Waals surface area contributed by atoms with Crippen LogP contribution >= 0.6 is 0 Å². The third-order valence-corrected chi connectivity index (χ3v) is 9.38. The molecular weight excluding hydrogens is 480 g/mol. The highest BCUT2D eigenvalue weighted by atomic mass is 32.2. The van der Waals surface area contributed by atoms with Gasteiger partial charge in [-0.15, -0.1) is 0 Å². The van der Waals surface area contributed by atoms with Gasteiger partial charge in [0, 0.05) is 32.2 Å². The van der Waals surface area contributed by atoms with Crippen molar-refractivity contribution in [2.24, 2.45) is 0 Å². The lowest BCUT2D eigenvalue weighted by Gasteiger charge is -2.33. The Labute approximate surface area is 211 Å². The first-order valence-corrected chi connectivity index (χ1v) is 14.2. The smallest absolute Gasteiger partial charge is 0.277 e. The first-order chi connectivity index (χ1) is 17.3. The molecule has 0 amide bonds. The van der Waals surface area contributed by atoms with E-state index in [1.807, 2.05) is 11.6 Å². The van der Waals surface area contributed by atoms with Gasteiger partial charge in [0.2, 0.25) is 10.0 Å². The van der Waals surface area contributed by atoms with Crippen LogP contribution in [0.2, 0.25) is 0 Å². The summed E-state index contributed by atoms with van der Waals surface area (Å²) in [5.41, 5.74) is 2.02. The molecule has 1 aliphatic carbocycles. The standard InChI is InChI=1S/C25H34N6O4S/c1-4-29-12-14-30(15-13-29)36(33,34)19-10-11-20(21(16-19)35-3)24-26-22-17(2)28-31(23(22)25(32)27-24)18-8-6-5-7-9-18/h10-11,16,18H,4-9,12-15H2,1-3H3,(H,26,27,32). The van der Waals surface area contributed by atoms with Crippen molar-refractivity contribution < 1.29 is 13.2 Å². The SMILES string of the molecule is CCN1CCN(S(=O)(=O)c2ccc(-c3nc4c(C)nn(C5CCCCC5)c4c(=O)[nH]3)c(OC)c2)CC1. The number of hydrogen-bond donors (Lipinski definition) is 1. The molecule has 2 aromatic heterocycles. The highest BCUT2D eigenvalue weighted by Gasteiger charge is 2.29. The zero-order chi connectivity index (χ0) is 25.4. The average molecular weight is 515 g/mol. The van der Waals surface area contributed by atoms with E-state index in [2.05, 4.69) is 21.9 Å². The Balaban J connectivity index is 1.50. The summed E-state index contributed by atoms with van der Waals surface area (Å²) < 4.78 is 35.5. The lowest BCUT2D eigenvalue weighted by atomic mass is 9.95. The number of methoxy groups -OCH3 is 1. The van der Waals surface area contributed by atoms with Gasteiger partial charge in [0.25, 0.3) is 5.56 Å². The van der Waals surface area contributed by atoms with E-state index in [0.29, 0.717) is 60.0 Å². The molecule has 10 nitrogen and oxygen atoms in total. The van der Waals surface area contributed by atoms with Crippen molar-refractivity contribution in [2.45, 2.75) is 56.9 Å². The molecule has 1 aliphatic heterocycles. The fraction of sp³-hybridized carbons (Fsp3) is 0.560. The number of nitrogens with zero attached hydrogens (tertiary/aromatic N) is 5. The Morgan fingerprint density at radius 2 is 1.83 bits per heavy atom. The van der Waals surface area contributed by atoms with Gasteiger partial charge in [0.1, 0.15) is 17.1 Å². The van der Waals surface area contributed by atoms with Crippen molar-refractivity contribution in [1.82, 2.24) is 29.0 Å². The van der Waals surface area contributed by atoms with Crippen LogP contribution < -0.4 is 10.3 Å². The molecule has 36 heavy (non-hydrogen) atoms. The van der Waals surface area contributed by atoms with E-state index < -0.39 is 10.0 Å². The van der Waals surface area contributed by atoms with E-state index in [-0.39, 0.29) is 16.5 Å². The highest BCUT2D eigenvalue weighted by molar-refractivity contribution is 7.89. The average Bonchev–Trinajstić information content (AvgIpc) is 3.25. The van der Waals surface area contributed by atoms with Gasteiger partial charge >= 0.3 is 0 Å². The van der Waals surface area contributed by atoms with Crippen molar-refractivity contribution >= 4 is 21.1 Å². The van der Waals surface area contributed by atoms with Gasteiger partial charge in [-0.25, -0.2) is 13.4 Å². The number of aromatic nitrogens is 4. The van der Waals surface area contributed by atoms with E-state index >= 15 is 0 Å². The second-order valence-corrected chi connectivity index (χ2v) is 11.6. The van der Waals surface area contributed by atoms with Crippen LogP contribution in [0, 0.1) is 6.92 Å². The Bertz CT molecular complexity index is 1420. The lowest BCUT2D eigenvalue weighted by Crippen LogP contribution is -2.48. The summed E-state index contributed by atoms with van der Waals surface area (Å²) >= 11 is 0. The van der Waals surface area contributed by atoms with Crippen molar-refractivity contribution in [3.05, 3.63) is 34.2 Å². The molecule has 2 fully saturated rings. The van der Waals surface area contributed by atoms with Crippen molar-refractivity contribution in [1.29, 1.82) is 0 Å². The third kappa shape index (κ3) is 4.44. The minimum absolute atomic E-state index is 0.165. The van der Waals surface area contributed by atoms with Crippen LogP contribution in [0.5, 0.6) is 5.75 Å². The molecule has 3 aromatic rings. The van der Waals surface area contributed by atoms with Crippen molar-refractivity contribution in [3.8, 4) is 17.1 Å². The van der Waals surface area contributed by atoms with Gasteiger partial charge < -0.3 is 14.6 Å². The highest BCUT2D eigenvalue weighted by Crippen LogP contribution is 2.33. The maximum Gasteiger partial charge on any atom is 0.277 e. The number of sulfonamides is 1. The van der Waals surface area contributed by atoms with Gasteiger partial charge in [-0.05, 0) is 38.4 Å². The van der Waals surface area contributed by atoms with Gasteiger partial charge in [-0.1, -0.05) is 26.2 Å². The van der Waals surface area contributed by atoms with Crippen LogP contribution in [0.4, 0.5) is 0 Å². The molecule has 1 N–H and O–H groups in total. The fourth-order valence-electron chi connectivity index (χ4n) is 5.37. The van der Waals surface area contributed by atoms with Crippen molar-refractivity contribution in [2.75, 3.05) is 39.8 Å². The number of piperazine rings is 1. The second-order valence-electron chi connectivity index (χ2n) is 9.63. The number of rotatable bonds is 6. The number of ether oxygens (including phenoxy) is 1. The van der Waals surface area contributed by atoms with Crippen LogP contribution in [0.25, 0.3) is 22.4 Å². The molecule has 0 spiro atoms. The molecule has 194 valence electrons. The zero-order valence-electron chi connectivity index (χ0n) is 21.2. The largest absolute Gasteiger partial charge is 0.496 e. The van der Waals surface area contributed by atoms with E-state index in [9.17, 15) is 13.2 Å². The number of aromatic amines is 1. The number of benzene rings is 1. The van der Waals surface area contributed by atoms with E-state index in [1.54, 1.807) is 12.1 Å².